The first-order valence-electron chi connectivity index (χ1n) is 6.84. The molecule has 2 atom stereocenters. The van der Waals surface area contributed by atoms with Gasteiger partial charge in [-0.25, -0.2) is 0 Å². The topological polar surface area (TPSA) is 58.6 Å². The summed E-state index contributed by atoms with van der Waals surface area (Å²) in [6, 6.07) is 5.21. The van der Waals surface area contributed by atoms with Crippen molar-refractivity contribution in [2.75, 3.05) is 0 Å². The fourth-order valence-electron chi connectivity index (χ4n) is 1.91. The zero-order valence-corrected chi connectivity index (χ0v) is 12.9. The van der Waals surface area contributed by atoms with Crippen molar-refractivity contribution in [2.24, 2.45) is 0 Å². The number of hydrogen-bond donors (Lipinski definition) is 2. The molecule has 2 unspecified atom stereocenters. The van der Waals surface area contributed by atoms with Crippen LogP contribution in [0.2, 0.25) is 5.02 Å². The molecule has 0 bridgehead atoms. The fourth-order valence-corrected chi connectivity index (χ4v) is 2.14. The molecule has 0 fully saturated rings. The zero-order valence-electron chi connectivity index (χ0n) is 12.1. The normalized spacial score (nSPS) is 13.7. The Labute approximate surface area is 125 Å². The average Bonchev–Trinajstić information content (AvgIpc) is 2.39. The Morgan fingerprint density at radius 3 is 2.75 bits per heavy atom. The molecule has 0 heterocycles. The first-order chi connectivity index (χ1) is 9.49. The molecule has 4 nitrogen and oxygen atoms in total. The number of carbonyl (C=O) groups is 1. The number of amides is 1. The van der Waals surface area contributed by atoms with E-state index >= 15 is 0 Å². The lowest BCUT2D eigenvalue weighted by molar-refractivity contribution is -0.127. The molecular formula is C15H22ClNO3. The molecule has 0 saturated heterocycles. The van der Waals surface area contributed by atoms with Gasteiger partial charge in [-0.3, -0.25) is 4.79 Å². The Hall–Kier alpha value is -1.26. The summed E-state index contributed by atoms with van der Waals surface area (Å²) in [6.45, 7) is 5.49. The van der Waals surface area contributed by atoms with Crippen LogP contribution < -0.4 is 10.1 Å². The van der Waals surface area contributed by atoms with Crippen LogP contribution in [0.4, 0.5) is 0 Å². The molecule has 0 aromatic heterocycles. The van der Waals surface area contributed by atoms with E-state index in [9.17, 15) is 9.90 Å². The molecule has 0 aliphatic heterocycles. The van der Waals surface area contributed by atoms with Gasteiger partial charge in [-0.15, -0.1) is 0 Å². The van der Waals surface area contributed by atoms with E-state index in [1.165, 1.54) is 0 Å². The molecule has 0 aliphatic rings. The molecule has 0 radical (unpaired) electrons. The number of benzene rings is 1. The van der Waals surface area contributed by atoms with Crippen LogP contribution in [0.3, 0.4) is 0 Å². The molecule has 20 heavy (non-hydrogen) atoms. The van der Waals surface area contributed by atoms with Crippen LogP contribution >= 0.6 is 11.6 Å². The summed E-state index contributed by atoms with van der Waals surface area (Å²) < 4.78 is 5.60. The summed E-state index contributed by atoms with van der Waals surface area (Å²) in [5.41, 5.74) is 0.496. The maximum atomic E-state index is 12.0. The highest BCUT2D eigenvalue weighted by Gasteiger charge is 2.18. The molecule has 1 aromatic carbocycles. The van der Waals surface area contributed by atoms with Crippen LogP contribution in [0.15, 0.2) is 18.2 Å². The fraction of sp³-hybridized carbons (Fsp3) is 0.533. The van der Waals surface area contributed by atoms with Crippen molar-refractivity contribution in [3.8, 4) is 5.75 Å². The van der Waals surface area contributed by atoms with E-state index in [1.807, 2.05) is 6.92 Å². The molecule has 1 amide bonds. The van der Waals surface area contributed by atoms with Crippen molar-refractivity contribution in [3.05, 3.63) is 28.8 Å². The molecule has 0 aliphatic carbocycles. The standard InChI is InChI=1S/C15H22ClNO3/c1-4-6-10(2)17-15(19)11(3)20-14-8-5-7-13(16)12(14)9-18/h5,7-8,10-11,18H,4,6,9H2,1-3H3,(H,17,19). The lowest BCUT2D eigenvalue weighted by Gasteiger charge is -2.19. The lowest BCUT2D eigenvalue weighted by Crippen LogP contribution is -2.41. The number of rotatable bonds is 7. The van der Waals surface area contributed by atoms with Gasteiger partial charge >= 0.3 is 0 Å². The van der Waals surface area contributed by atoms with Crippen molar-refractivity contribution in [1.82, 2.24) is 5.32 Å². The summed E-state index contributed by atoms with van der Waals surface area (Å²) in [6.07, 6.45) is 1.30. The largest absolute Gasteiger partial charge is 0.480 e. The SMILES string of the molecule is CCCC(C)NC(=O)C(C)Oc1cccc(Cl)c1CO. The Balaban J connectivity index is 2.68. The Kier molecular flexibility index (Phi) is 6.82. The van der Waals surface area contributed by atoms with Crippen LogP contribution in [0.1, 0.15) is 39.2 Å². The van der Waals surface area contributed by atoms with Gasteiger partial charge in [0.25, 0.3) is 5.91 Å². The summed E-state index contributed by atoms with van der Waals surface area (Å²) >= 11 is 5.98. The Morgan fingerprint density at radius 1 is 1.45 bits per heavy atom. The number of ether oxygens (including phenoxy) is 1. The second-order valence-corrected chi connectivity index (χ2v) is 5.24. The maximum absolute atomic E-state index is 12.0. The van der Waals surface area contributed by atoms with Crippen LogP contribution in [0.5, 0.6) is 5.75 Å². The summed E-state index contributed by atoms with van der Waals surface area (Å²) in [4.78, 5) is 12.0. The third-order valence-electron chi connectivity index (χ3n) is 3.02. The lowest BCUT2D eigenvalue weighted by atomic mass is 10.2. The number of nitrogens with one attached hydrogen (secondary N) is 1. The van der Waals surface area contributed by atoms with E-state index in [0.717, 1.165) is 12.8 Å². The van der Waals surface area contributed by atoms with Gasteiger partial charge in [0, 0.05) is 16.6 Å². The third kappa shape index (κ3) is 4.69. The van der Waals surface area contributed by atoms with Gasteiger partial charge in [0.1, 0.15) is 5.75 Å². The van der Waals surface area contributed by atoms with Crippen molar-refractivity contribution in [1.29, 1.82) is 0 Å². The molecule has 5 heteroatoms. The van der Waals surface area contributed by atoms with Gasteiger partial charge < -0.3 is 15.2 Å². The van der Waals surface area contributed by atoms with Crippen LogP contribution in [0, 0.1) is 0 Å². The Morgan fingerprint density at radius 2 is 2.15 bits per heavy atom. The van der Waals surface area contributed by atoms with Gasteiger partial charge in [-0.2, -0.15) is 0 Å². The smallest absolute Gasteiger partial charge is 0.260 e. The molecule has 112 valence electrons. The van der Waals surface area contributed by atoms with Crippen LogP contribution in [-0.2, 0) is 11.4 Å². The molecule has 1 rings (SSSR count). The molecule has 2 N–H and O–H groups in total. The van der Waals surface area contributed by atoms with E-state index in [-0.39, 0.29) is 18.6 Å². The van der Waals surface area contributed by atoms with E-state index in [2.05, 4.69) is 12.2 Å². The summed E-state index contributed by atoms with van der Waals surface area (Å²) in [5.74, 6) is 0.264. The number of carbonyl (C=O) groups excluding carboxylic acids is 1. The highest BCUT2D eigenvalue weighted by atomic mass is 35.5. The van der Waals surface area contributed by atoms with Gasteiger partial charge in [0.15, 0.2) is 6.10 Å². The number of aliphatic hydroxyl groups is 1. The molecular weight excluding hydrogens is 278 g/mol. The highest BCUT2D eigenvalue weighted by Crippen LogP contribution is 2.27. The van der Waals surface area contributed by atoms with Crippen molar-refractivity contribution >= 4 is 17.5 Å². The third-order valence-corrected chi connectivity index (χ3v) is 3.37. The minimum absolute atomic E-state index is 0.121. The highest BCUT2D eigenvalue weighted by molar-refractivity contribution is 6.31. The van der Waals surface area contributed by atoms with Crippen molar-refractivity contribution in [3.63, 3.8) is 0 Å². The van der Waals surface area contributed by atoms with Gasteiger partial charge in [-0.05, 0) is 32.4 Å². The predicted molar refractivity (Wildman–Crippen MR) is 80.0 cm³/mol. The Bertz CT molecular complexity index is 451. The minimum Gasteiger partial charge on any atom is -0.480 e. The maximum Gasteiger partial charge on any atom is 0.260 e. The second kappa shape index (κ2) is 8.12. The predicted octanol–water partition coefficient (Wildman–Crippen LogP) is 2.90. The summed E-state index contributed by atoms with van der Waals surface area (Å²) in [7, 11) is 0. The van der Waals surface area contributed by atoms with Crippen LogP contribution in [0.25, 0.3) is 0 Å². The van der Waals surface area contributed by atoms with E-state index in [4.69, 9.17) is 16.3 Å². The second-order valence-electron chi connectivity index (χ2n) is 4.83. The molecule has 0 spiro atoms. The van der Waals surface area contributed by atoms with E-state index in [1.54, 1.807) is 25.1 Å². The van der Waals surface area contributed by atoms with Crippen LogP contribution in [-0.4, -0.2) is 23.2 Å². The molecule has 1 aromatic rings. The van der Waals surface area contributed by atoms with Gasteiger partial charge in [0.05, 0.1) is 6.61 Å². The van der Waals surface area contributed by atoms with Gasteiger partial charge in [-0.1, -0.05) is 31.0 Å². The number of halogens is 1. The van der Waals surface area contributed by atoms with Crippen molar-refractivity contribution < 1.29 is 14.6 Å². The quantitative estimate of drug-likeness (QED) is 0.814. The number of hydrogen-bond acceptors (Lipinski definition) is 3. The monoisotopic (exact) mass is 299 g/mol. The first-order valence-corrected chi connectivity index (χ1v) is 7.22. The summed E-state index contributed by atoms with van der Waals surface area (Å²) in [5, 5.41) is 12.6. The van der Waals surface area contributed by atoms with Crippen molar-refractivity contribution in [2.45, 2.75) is 52.4 Å². The average molecular weight is 300 g/mol. The molecule has 0 saturated carbocycles. The van der Waals surface area contributed by atoms with E-state index in [0.29, 0.717) is 16.3 Å². The first kappa shape index (κ1) is 16.8. The number of aliphatic hydroxyl groups excluding tert-OH is 1. The minimum atomic E-state index is -0.641. The van der Waals surface area contributed by atoms with E-state index < -0.39 is 6.10 Å². The zero-order chi connectivity index (χ0) is 15.1. The van der Waals surface area contributed by atoms with Gasteiger partial charge in [0.2, 0.25) is 0 Å².